The van der Waals surface area contributed by atoms with E-state index < -0.39 is 5.97 Å². The predicted molar refractivity (Wildman–Crippen MR) is 102 cm³/mol. The van der Waals surface area contributed by atoms with Gasteiger partial charge in [0.2, 0.25) is 0 Å². The highest BCUT2D eigenvalue weighted by Gasteiger charge is 2.31. The van der Waals surface area contributed by atoms with Gasteiger partial charge in [-0.2, -0.15) is 0 Å². The number of ether oxygens (including phenoxy) is 2. The van der Waals surface area contributed by atoms with Crippen LogP contribution in [0.4, 0.5) is 0 Å². The lowest BCUT2D eigenvalue weighted by molar-refractivity contribution is -0.141. The number of ketones is 1. The number of benzene rings is 2. The van der Waals surface area contributed by atoms with Gasteiger partial charge in [0, 0.05) is 11.1 Å². The molecule has 0 bridgehead atoms. The third kappa shape index (κ3) is 4.20. The summed E-state index contributed by atoms with van der Waals surface area (Å²) in [6.45, 7) is 0. The Morgan fingerprint density at radius 2 is 1.74 bits per heavy atom. The first-order valence-corrected chi connectivity index (χ1v) is 9.22. The number of hydrogen-bond donors (Lipinski definition) is 1. The number of carboxylic acid groups (broad SMARTS) is 1. The van der Waals surface area contributed by atoms with Crippen molar-refractivity contribution in [1.82, 2.24) is 0 Å². The largest absolute Gasteiger partial charge is 0.495 e. The highest BCUT2D eigenvalue weighted by molar-refractivity contribution is 6.45. The maximum atomic E-state index is 12.7. The van der Waals surface area contributed by atoms with Crippen LogP contribution >= 0.6 is 23.2 Å². The fourth-order valence-electron chi connectivity index (χ4n) is 3.17. The lowest BCUT2D eigenvalue weighted by Crippen LogP contribution is -2.15. The van der Waals surface area contributed by atoms with Crippen molar-refractivity contribution in [2.75, 3.05) is 7.11 Å². The van der Waals surface area contributed by atoms with Crippen LogP contribution in [0.2, 0.25) is 10.0 Å². The first-order chi connectivity index (χ1) is 12.9. The number of rotatable bonds is 6. The van der Waals surface area contributed by atoms with Gasteiger partial charge < -0.3 is 14.6 Å². The van der Waals surface area contributed by atoms with E-state index in [9.17, 15) is 9.59 Å². The molecule has 1 saturated carbocycles. The minimum atomic E-state index is -0.780. The highest BCUT2D eigenvalue weighted by Crippen LogP contribution is 2.35. The number of methoxy groups -OCH3 is 1. The van der Waals surface area contributed by atoms with Gasteiger partial charge in [-0.15, -0.1) is 0 Å². The molecule has 5 nitrogen and oxygen atoms in total. The average molecular weight is 409 g/mol. The van der Waals surface area contributed by atoms with Crippen molar-refractivity contribution in [3.8, 4) is 11.5 Å². The fourth-order valence-corrected chi connectivity index (χ4v) is 3.65. The van der Waals surface area contributed by atoms with Gasteiger partial charge in [-0.25, -0.2) is 0 Å². The van der Waals surface area contributed by atoms with Crippen molar-refractivity contribution < 1.29 is 24.2 Å². The van der Waals surface area contributed by atoms with Crippen molar-refractivity contribution in [2.24, 2.45) is 5.92 Å². The molecular formula is C20H18Cl2O5. The molecule has 2 aromatic rings. The molecule has 7 heteroatoms. The maximum Gasteiger partial charge on any atom is 0.306 e. The number of carbonyl (C=O) groups excluding carboxylic acids is 1. The van der Waals surface area contributed by atoms with E-state index >= 15 is 0 Å². The van der Waals surface area contributed by atoms with Gasteiger partial charge >= 0.3 is 5.97 Å². The minimum absolute atomic E-state index is 0.123. The molecule has 0 spiro atoms. The highest BCUT2D eigenvalue weighted by atomic mass is 35.5. The van der Waals surface area contributed by atoms with Crippen molar-refractivity contribution in [3.05, 3.63) is 57.6 Å². The third-order valence-electron chi connectivity index (χ3n) is 4.66. The zero-order chi connectivity index (χ0) is 19.6. The number of aliphatic carboxylic acids is 1. The molecule has 2 atom stereocenters. The van der Waals surface area contributed by atoms with Crippen LogP contribution in [0, 0.1) is 5.92 Å². The molecule has 1 fully saturated rings. The smallest absolute Gasteiger partial charge is 0.306 e. The number of halogens is 2. The van der Waals surface area contributed by atoms with E-state index in [0.717, 1.165) is 0 Å². The van der Waals surface area contributed by atoms with Gasteiger partial charge in [-0.05, 0) is 55.7 Å². The Kier molecular flexibility index (Phi) is 5.92. The molecule has 2 aromatic carbocycles. The maximum absolute atomic E-state index is 12.7. The van der Waals surface area contributed by atoms with Crippen LogP contribution in [0.15, 0.2) is 36.4 Å². The topological polar surface area (TPSA) is 72.8 Å². The van der Waals surface area contributed by atoms with Crippen LogP contribution < -0.4 is 9.47 Å². The van der Waals surface area contributed by atoms with Crippen LogP contribution in [0.1, 0.15) is 35.2 Å². The molecule has 0 unspecified atom stereocenters. The Morgan fingerprint density at radius 1 is 1.04 bits per heavy atom. The lowest BCUT2D eigenvalue weighted by atomic mass is 10.0. The molecule has 142 valence electrons. The van der Waals surface area contributed by atoms with Gasteiger partial charge in [0.15, 0.2) is 5.78 Å². The minimum Gasteiger partial charge on any atom is -0.495 e. The summed E-state index contributed by atoms with van der Waals surface area (Å²) in [5, 5.41) is 9.40. The van der Waals surface area contributed by atoms with Gasteiger partial charge in [-0.1, -0.05) is 23.2 Å². The zero-order valence-corrected chi connectivity index (χ0v) is 16.1. The van der Waals surface area contributed by atoms with Crippen molar-refractivity contribution in [2.45, 2.75) is 25.4 Å². The molecule has 1 aliphatic rings. The summed E-state index contributed by atoms with van der Waals surface area (Å²) in [5.74, 6) is -0.391. The summed E-state index contributed by atoms with van der Waals surface area (Å²) < 4.78 is 10.9. The predicted octanol–water partition coefficient (Wildman–Crippen LogP) is 4.87. The SMILES string of the molecule is COc1ccc(C(=O)c2ccc(O[C@H]3CC[C@H](C(=O)O)C3)cc2)c(Cl)c1Cl. The first-order valence-electron chi connectivity index (χ1n) is 8.47. The Labute approximate surface area is 166 Å². The standard InChI is InChI=1S/C20H18Cl2O5/c1-26-16-9-8-15(17(21)18(16)22)19(23)11-2-5-13(6-3-11)27-14-7-4-12(10-14)20(24)25/h2-3,5-6,8-9,12,14H,4,7,10H2,1H3,(H,24,25)/t12-,14-/m0/s1. The molecule has 0 aliphatic heterocycles. The molecule has 0 aromatic heterocycles. The summed E-state index contributed by atoms with van der Waals surface area (Å²) in [4.78, 5) is 23.7. The Morgan fingerprint density at radius 3 is 2.33 bits per heavy atom. The van der Waals surface area contributed by atoms with E-state index in [1.165, 1.54) is 7.11 Å². The van der Waals surface area contributed by atoms with E-state index in [-0.39, 0.29) is 33.4 Å². The number of carboxylic acids is 1. The van der Waals surface area contributed by atoms with E-state index in [2.05, 4.69) is 0 Å². The monoisotopic (exact) mass is 408 g/mol. The fraction of sp³-hybridized carbons (Fsp3) is 0.300. The first kappa shape index (κ1) is 19.5. The van der Waals surface area contributed by atoms with Crippen LogP contribution in [-0.4, -0.2) is 30.1 Å². The molecule has 27 heavy (non-hydrogen) atoms. The van der Waals surface area contributed by atoms with E-state index in [1.54, 1.807) is 36.4 Å². The molecule has 0 saturated heterocycles. The van der Waals surface area contributed by atoms with Crippen molar-refractivity contribution in [1.29, 1.82) is 0 Å². The Bertz CT molecular complexity index is 863. The van der Waals surface area contributed by atoms with E-state index in [4.69, 9.17) is 37.8 Å². The quantitative estimate of drug-likeness (QED) is 0.690. The second kappa shape index (κ2) is 8.19. The molecule has 1 N–H and O–H groups in total. The third-order valence-corrected chi connectivity index (χ3v) is 5.53. The van der Waals surface area contributed by atoms with Gasteiger partial charge in [0.05, 0.1) is 24.2 Å². The number of carbonyl (C=O) groups is 2. The lowest BCUT2D eigenvalue weighted by Gasteiger charge is -2.14. The van der Waals surface area contributed by atoms with Crippen LogP contribution in [0.3, 0.4) is 0 Å². The molecule has 1 aliphatic carbocycles. The van der Waals surface area contributed by atoms with Gasteiger partial charge in [0.1, 0.15) is 16.5 Å². The normalized spacial score (nSPS) is 18.9. The Balaban J connectivity index is 1.71. The summed E-state index contributed by atoms with van der Waals surface area (Å²) >= 11 is 12.3. The summed E-state index contributed by atoms with van der Waals surface area (Å²) in [5.41, 5.74) is 0.733. The van der Waals surface area contributed by atoms with Crippen molar-refractivity contribution >= 4 is 35.0 Å². The van der Waals surface area contributed by atoms with Gasteiger partial charge in [-0.3, -0.25) is 9.59 Å². The zero-order valence-electron chi connectivity index (χ0n) is 14.6. The summed E-state index contributed by atoms with van der Waals surface area (Å²) in [7, 11) is 1.47. The Hall–Kier alpha value is -2.24. The molecular weight excluding hydrogens is 391 g/mol. The summed E-state index contributed by atoms with van der Waals surface area (Å²) in [6.07, 6.45) is 1.70. The molecule has 0 heterocycles. The average Bonchev–Trinajstić information content (AvgIpc) is 3.13. The van der Waals surface area contributed by atoms with E-state index in [1.807, 2.05) is 0 Å². The second-order valence-electron chi connectivity index (χ2n) is 6.38. The van der Waals surface area contributed by atoms with Gasteiger partial charge in [0.25, 0.3) is 0 Å². The van der Waals surface area contributed by atoms with Crippen LogP contribution in [-0.2, 0) is 4.79 Å². The van der Waals surface area contributed by atoms with E-state index in [0.29, 0.717) is 36.3 Å². The van der Waals surface area contributed by atoms with Crippen molar-refractivity contribution in [3.63, 3.8) is 0 Å². The second-order valence-corrected chi connectivity index (χ2v) is 7.14. The summed E-state index contributed by atoms with van der Waals surface area (Å²) in [6, 6.07) is 9.86. The molecule has 0 amide bonds. The van der Waals surface area contributed by atoms with Crippen LogP contribution in [0.25, 0.3) is 0 Å². The van der Waals surface area contributed by atoms with Crippen LogP contribution in [0.5, 0.6) is 11.5 Å². The number of hydrogen-bond acceptors (Lipinski definition) is 4. The molecule has 3 rings (SSSR count). The molecule has 0 radical (unpaired) electrons.